The van der Waals surface area contributed by atoms with Crippen molar-refractivity contribution in [2.75, 3.05) is 4.72 Å². The second-order valence-electron chi connectivity index (χ2n) is 6.52. The van der Waals surface area contributed by atoms with Gasteiger partial charge in [0.2, 0.25) is 0 Å². The summed E-state index contributed by atoms with van der Waals surface area (Å²) >= 11 is 0. The van der Waals surface area contributed by atoms with Gasteiger partial charge in [0, 0.05) is 0 Å². The summed E-state index contributed by atoms with van der Waals surface area (Å²) < 4.78 is 27.7. The maximum Gasteiger partial charge on any atom is 0.335 e. The summed E-state index contributed by atoms with van der Waals surface area (Å²) in [4.78, 5) is 32.6. The Hall–Kier alpha value is -4.19. The summed E-state index contributed by atoms with van der Waals surface area (Å²) in [5, 5.41) is 39.7. The second kappa shape index (κ2) is 7.57. The highest BCUT2D eigenvalue weighted by atomic mass is 32.2. The van der Waals surface area contributed by atoms with Crippen molar-refractivity contribution < 1.29 is 38.2 Å². The number of nitro benzene ring substituents is 1. The third-order valence-electron chi connectivity index (χ3n) is 4.51. The number of carboxylic acid groups (broad SMARTS) is 2. The van der Waals surface area contributed by atoms with E-state index in [1.807, 2.05) is 0 Å². The first-order valence-electron chi connectivity index (χ1n) is 8.46. The number of carbonyl (C=O) groups is 2. The number of phenolic OH excluding ortho intramolecular Hbond substituents is 1. The number of nitro groups is 1. The molecule has 12 heteroatoms. The molecule has 0 bridgehead atoms. The maximum atomic E-state index is 12.8. The minimum atomic E-state index is -4.38. The highest BCUT2D eigenvalue weighted by Crippen LogP contribution is 2.36. The lowest BCUT2D eigenvalue weighted by Gasteiger charge is -2.12. The molecule has 31 heavy (non-hydrogen) atoms. The number of carboxylic acids is 2. The summed E-state index contributed by atoms with van der Waals surface area (Å²) in [6.07, 6.45) is 0. The van der Waals surface area contributed by atoms with Crippen molar-refractivity contribution in [1.29, 1.82) is 0 Å². The zero-order chi connectivity index (χ0) is 23.1. The fourth-order valence-electron chi connectivity index (χ4n) is 2.98. The standard InChI is InChI=1S/C19H14N2O9S/c1-9-14-3-2-13(7-15(14)16(21(27)28)8-17(9)22)31(29,30)20-12-5-10(18(23)24)4-11(6-12)19(25)26/h2-8,20,22H,1H3,(H,23,24)(H,25,26). The van der Waals surface area contributed by atoms with E-state index in [4.69, 9.17) is 10.2 Å². The van der Waals surface area contributed by atoms with E-state index >= 15 is 0 Å². The molecule has 11 nitrogen and oxygen atoms in total. The lowest BCUT2D eigenvalue weighted by atomic mass is 10.0. The van der Waals surface area contributed by atoms with Gasteiger partial charge in [0.15, 0.2) is 0 Å². The first-order valence-corrected chi connectivity index (χ1v) is 9.94. The molecule has 0 heterocycles. The number of rotatable bonds is 6. The number of sulfonamides is 1. The number of hydrogen-bond acceptors (Lipinski definition) is 7. The van der Waals surface area contributed by atoms with E-state index in [-0.39, 0.29) is 27.1 Å². The van der Waals surface area contributed by atoms with Gasteiger partial charge in [0.1, 0.15) is 5.75 Å². The summed E-state index contributed by atoms with van der Waals surface area (Å²) in [7, 11) is -4.38. The Balaban J connectivity index is 2.14. The number of phenols is 1. The molecule has 0 aliphatic carbocycles. The highest BCUT2D eigenvalue weighted by molar-refractivity contribution is 7.92. The van der Waals surface area contributed by atoms with Crippen molar-refractivity contribution >= 4 is 44.1 Å². The minimum Gasteiger partial charge on any atom is -0.507 e. The Labute approximate surface area is 174 Å². The van der Waals surface area contributed by atoms with Crippen molar-refractivity contribution in [3.8, 4) is 5.75 Å². The number of benzene rings is 3. The molecule has 160 valence electrons. The number of nitrogens with zero attached hydrogens (tertiary/aromatic N) is 1. The van der Waals surface area contributed by atoms with E-state index in [1.165, 1.54) is 13.0 Å². The van der Waals surface area contributed by atoms with Crippen LogP contribution in [0.4, 0.5) is 11.4 Å². The van der Waals surface area contributed by atoms with Crippen LogP contribution in [0.5, 0.6) is 5.75 Å². The normalized spacial score (nSPS) is 11.3. The molecule has 3 rings (SSSR count). The summed E-state index contributed by atoms with van der Waals surface area (Å²) in [5.74, 6) is -3.24. The first kappa shape index (κ1) is 21.5. The Morgan fingerprint density at radius 3 is 2.06 bits per heavy atom. The van der Waals surface area contributed by atoms with E-state index in [0.29, 0.717) is 5.56 Å². The van der Waals surface area contributed by atoms with Crippen LogP contribution in [0.2, 0.25) is 0 Å². The van der Waals surface area contributed by atoms with Gasteiger partial charge in [-0.25, -0.2) is 18.0 Å². The largest absolute Gasteiger partial charge is 0.507 e. The van der Waals surface area contributed by atoms with Gasteiger partial charge in [-0.2, -0.15) is 0 Å². The second-order valence-corrected chi connectivity index (χ2v) is 8.20. The van der Waals surface area contributed by atoms with Gasteiger partial charge in [-0.3, -0.25) is 14.8 Å². The van der Waals surface area contributed by atoms with Gasteiger partial charge >= 0.3 is 11.9 Å². The third-order valence-corrected chi connectivity index (χ3v) is 5.89. The van der Waals surface area contributed by atoms with Crippen molar-refractivity contribution in [1.82, 2.24) is 0 Å². The molecule has 0 aromatic heterocycles. The van der Waals surface area contributed by atoms with Crippen LogP contribution in [0.15, 0.2) is 47.4 Å². The molecule has 3 aromatic rings. The van der Waals surface area contributed by atoms with Gasteiger partial charge in [-0.05, 0) is 48.2 Å². The van der Waals surface area contributed by atoms with Crippen molar-refractivity contribution in [3.63, 3.8) is 0 Å². The molecule has 0 fully saturated rings. The van der Waals surface area contributed by atoms with E-state index in [0.717, 1.165) is 36.4 Å². The maximum absolute atomic E-state index is 12.8. The smallest absolute Gasteiger partial charge is 0.335 e. The van der Waals surface area contributed by atoms with Crippen LogP contribution in [-0.2, 0) is 10.0 Å². The van der Waals surface area contributed by atoms with Crippen LogP contribution in [0.3, 0.4) is 0 Å². The Bertz CT molecular complexity index is 1350. The molecule has 0 aliphatic rings. The van der Waals surface area contributed by atoms with Gasteiger partial charge in [0.25, 0.3) is 15.7 Å². The predicted octanol–water partition coefficient (Wildman–Crippen LogP) is 2.96. The van der Waals surface area contributed by atoms with Crippen LogP contribution >= 0.6 is 0 Å². The fourth-order valence-corrected chi connectivity index (χ4v) is 4.05. The quantitative estimate of drug-likeness (QED) is 0.326. The van der Waals surface area contributed by atoms with Gasteiger partial charge < -0.3 is 15.3 Å². The number of fused-ring (bicyclic) bond motifs is 1. The number of nitrogens with one attached hydrogen (secondary N) is 1. The lowest BCUT2D eigenvalue weighted by Crippen LogP contribution is -2.14. The highest BCUT2D eigenvalue weighted by Gasteiger charge is 2.22. The Morgan fingerprint density at radius 2 is 1.55 bits per heavy atom. The molecule has 4 N–H and O–H groups in total. The first-order chi connectivity index (χ1) is 14.4. The van der Waals surface area contributed by atoms with E-state index in [1.54, 1.807) is 0 Å². The van der Waals surface area contributed by atoms with Gasteiger partial charge in [-0.1, -0.05) is 6.07 Å². The predicted molar refractivity (Wildman–Crippen MR) is 108 cm³/mol. The molecule has 0 amide bonds. The summed E-state index contributed by atoms with van der Waals surface area (Å²) in [6, 6.07) is 7.16. The monoisotopic (exact) mass is 446 g/mol. The lowest BCUT2D eigenvalue weighted by molar-refractivity contribution is -0.383. The topological polar surface area (TPSA) is 184 Å². The van der Waals surface area contributed by atoms with Crippen molar-refractivity contribution in [2.24, 2.45) is 0 Å². The van der Waals surface area contributed by atoms with Crippen LogP contribution in [-0.4, -0.2) is 40.6 Å². The molecule has 0 radical (unpaired) electrons. The van der Waals surface area contributed by atoms with Crippen LogP contribution in [0, 0.1) is 17.0 Å². The minimum absolute atomic E-state index is 0.0336. The Morgan fingerprint density at radius 1 is 0.968 bits per heavy atom. The van der Waals surface area contributed by atoms with Gasteiger partial charge in [-0.15, -0.1) is 0 Å². The molecular formula is C19H14N2O9S. The molecular weight excluding hydrogens is 432 g/mol. The fraction of sp³-hybridized carbons (Fsp3) is 0.0526. The van der Waals surface area contributed by atoms with E-state index in [2.05, 4.69) is 4.72 Å². The zero-order valence-corrected chi connectivity index (χ0v) is 16.5. The van der Waals surface area contributed by atoms with Crippen LogP contribution in [0.25, 0.3) is 10.8 Å². The van der Waals surface area contributed by atoms with Crippen molar-refractivity contribution in [3.05, 3.63) is 69.3 Å². The van der Waals surface area contributed by atoms with Crippen molar-refractivity contribution in [2.45, 2.75) is 11.8 Å². The molecule has 0 saturated carbocycles. The zero-order valence-electron chi connectivity index (χ0n) is 15.7. The average molecular weight is 446 g/mol. The third kappa shape index (κ3) is 4.09. The number of anilines is 1. The molecule has 0 unspecified atom stereocenters. The van der Waals surface area contributed by atoms with E-state index < -0.39 is 43.7 Å². The van der Waals surface area contributed by atoms with Gasteiger partial charge in [0.05, 0.1) is 38.1 Å². The molecule has 0 aliphatic heterocycles. The van der Waals surface area contributed by atoms with E-state index in [9.17, 15) is 33.2 Å². The molecule has 3 aromatic carbocycles. The SMILES string of the molecule is Cc1c(O)cc([N+](=O)[O-])c2cc(S(=O)(=O)Nc3cc(C(=O)O)cc(C(=O)O)c3)ccc12. The van der Waals surface area contributed by atoms with Crippen LogP contribution < -0.4 is 4.72 Å². The molecule has 0 spiro atoms. The Kier molecular flexibility index (Phi) is 5.25. The number of aryl methyl sites for hydroxylation is 1. The number of aromatic carboxylic acids is 2. The summed E-state index contributed by atoms with van der Waals surface area (Å²) in [5.41, 5.74) is -1.39. The average Bonchev–Trinajstić information content (AvgIpc) is 2.69. The van der Waals surface area contributed by atoms with Crippen LogP contribution in [0.1, 0.15) is 26.3 Å². The number of non-ortho nitro benzene ring substituents is 1. The molecule has 0 saturated heterocycles. The molecule has 0 atom stereocenters. The summed E-state index contributed by atoms with van der Waals surface area (Å²) in [6.45, 7) is 1.51. The number of aromatic hydroxyl groups is 1. The number of hydrogen-bond donors (Lipinski definition) is 4.